The van der Waals surface area contributed by atoms with Crippen LogP contribution >= 0.6 is 0 Å². The van der Waals surface area contributed by atoms with Crippen LogP contribution in [0.5, 0.6) is 0 Å². The summed E-state index contributed by atoms with van der Waals surface area (Å²) in [5.41, 5.74) is 0.470. The van der Waals surface area contributed by atoms with Gasteiger partial charge in [-0.05, 0) is 25.3 Å². The molecule has 1 saturated heterocycles. The van der Waals surface area contributed by atoms with E-state index in [0.29, 0.717) is 13.2 Å². The maximum absolute atomic E-state index is 12.3. The quantitative estimate of drug-likeness (QED) is 0.901. The summed E-state index contributed by atoms with van der Waals surface area (Å²) in [5.74, 6) is -0.973. The average Bonchev–Trinajstić information content (AvgIpc) is 2.41. The van der Waals surface area contributed by atoms with Gasteiger partial charge in [0, 0.05) is 18.8 Å². The molecular weight excluding hydrogens is 240 g/mol. The summed E-state index contributed by atoms with van der Waals surface area (Å²) < 4.78 is 5.30. The van der Waals surface area contributed by atoms with E-state index >= 15 is 0 Å². The van der Waals surface area contributed by atoms with Crippen LogP contribution in [-0.2, 0) is 9.53 Å². The van der Waals surface area contributed by atoms with E-state index in [1.54, 1.807) is 12.1 Å². The molecule has 1 aromatic carbocycles. The number of nitrogens with zero attached hydrogens (tertiary/aromatic N) is 1. The highest BCUT2D eigenvalue weighted by molar-refractivity contribution is 5.87. The third-order valence-corrected chi connectivity index (χ3v) is 3.55. The second-order valence-corrected chi connectivity index (χ2v) is 5.14. The largest absolute Gasteiger partial charge is 0.381 e. The lowest BCUT2D eigenvalue weighted by atomic mass is 9.90. The van der Waals surface area contributed by atoms with Crippen molar-refractivity contribution in [1.29, 1.82) is 5.26 Å². The molecule has 0 radical (unpaired) electrons. The van der Waals surface area contributed by atoms with Crippen LogP contribution in [0.25, 0.3) is 0 Å². The van der Waals surface area contributed by atoms with Crippen molar-refractivity contribution in [2.45, 2.75) is 31.2 Å². The van der Waals surface area contributed by atoms with E-state index in [4.69, 9.17) is 4.74 Å². The van der Waals surface area contributed by atoms with E-state index in [0.717, 1.165) is 18.4 Å². The van der Waals surface area contributed by atoms with Gasteiger partial charge in [0.25, 0.3) is 0 Å². The van der Waals surface area contributed by atoms with Crippen molar-refractivity contribution in [2.24, 2.45) is 0 Å². The highest BCUT2D eigenvalue weighted by atomic mass is 16.5. The predicted octanol–water partition coefficient (Wildman–Crippen LogP) is 1.98. The van der Waals surface area contributed by atoms with Crippen molar-refractivity contribution in [2.75, 3.05) is 13.2 Å². The van der Waals surface area contributed by atoms with Crippen LogP contribution in [0.15, 0.2) is 30.3 Å². The zero-order valence-electron chi connectivity index (χ0n) is 11.1. The van der Waals surface area contributed by atoms with Crippen LogP contribution in [0, 0.1) is 11.3 Å². The molecule has 1 atom stereocenters. The molecule has 1 unspecified atom stereocenters. The third-order valence-electron chi connectivity index (χ3n) is 3.55. The molecule has 1 N–H and O–H groups in total. The highest BCUT2D eigenvalue weighted by Gasteiger charge is 2.32. The van der Waals surface area contributed by atoms with Gasteiger partial charge in [-0.15, -0.1) is 0 Å². The van der Waals surface area contributed by atoms with E-state index < -0.39 is 5.92 Å². The summed E-state index contributed by atoms with van der Waals surface area (Å²) in [5, 5.41) is 12.2. The zero-order chi connectivity index (χ0) is 13.7. The number of ether oxygens (including phenoxy) is 1. The number of carbonyl (C=O) groups excluding carboxylic acids is 1. The molecule has 4 heteroatoms. The summed E-state index contributed by atoms with van der Waals surface area (Å²) in [7, 11) is 0. The first-order valence-electron chi connectivity index (χ1n) is 6.49. The topological polar surface area (TPSA) is 62.1 Å². The van der Waals surface area contributed by atoms with Crippen molar-refractivity contribution in [3.8, 4) is 6.07 Å². The normalized spacial score (nSPS) is 19.2. The molecule has 1 aliphatic heterocycles. The molecule has 1 fully saturated rings. The van der Waals surface area contributed by atoms with Gasteiger partial charge in [0.1, 0.15) is 5.92 Å². The number of amides is 1. The Hall–Kier alpha value is -1.86. The predicted molar refractivity (Wildman–Crippen MR) is 71.4 cm³/mol. The van der Waals surface area contributed by atoms with E-state index in [2.05, 4.69) is 11.4 Å². The molecule has 1 aromatic rings. The molecule has 0 aromatic heterocycles. The monoisotopic (exact) mass is 258 g/mol. The number of hydrogen-bond acceptors (Lipinski definition) is 3. The Bertz CT molecular complexity index is 473. The molecule has 0 aliphatic carbocycles. The second-order valence-electron chi connectivity index (χ2n) is 5.14. The first kappa shape index (κ1) is 13.6. The molecule has 0 saturated carbocycles. The highest BCUT2D eigenvalue weighted by Crippen LogP contribution is 2.22. The number of hydrogen-bond donors (Lipinski definition) is 1. The van der Waals surface area contributed by atoms with Gasteiger partial charge >= 0.3 is 0 Å². The molecule has 100 valence electrons. The second kappa shape index (κ2) is 5.85. The third kappa shape index (κ3) is 3.33. The van der Waals surface area contributed by atoms with E-state index in [1.165, 1.54) is 0 Å². The van der Waals surface area contributed by atoms with E-state index in [1.807, 2.05) is 25.1 Å². The van der Waals surface area contributed by atoms with Crippen molar-refractivity contribution >= 4 is 5.91 Å². The molecule has 4 nitrogen and oxygen atoms in total. The zero-order valence-corrected chi connectivity index (χ0v) is 11.1. The molecule has 0 bridgehead atoms. The van der Waals surface area contributed by atoms with Crippen LogP contribution < -0.4 is 5.32 Å². The fourth-order valence-corrected chi connectivity index (χ4v) is 2.25. The lowest BCUT2D eigenvalue weighted by Crippen LogP contribution is -2.50. The Labute approximate surface area is 113 Å². The summed E-state index contributed by atoms with van der Waals surface area (Å²) in [6.45, 7) is 3.31. The summed E-state index contributed by atoms with van der Waals surface area (Å²) in [4.78, 5) is 12.3. The number of benzene rings is 1. The molecule has 2 rings (SSSR count). The van der Waals surface area contributed by atoms with E-state index in [-0.39, 0.29) is 11.4 Å². The molecular formula is C15H18N2O2. The van der Waals surface area contributed by atoms with Crippen molar-refractivity contribution in [3.63, 3.8) is 0 Å². The minimum atomic E-state index is -0.749. The minimum absolute atomic E-state index is 0.224. The first-order chi connectivity index (χ1) is 9.14. The van der Waals surface area contributed by atoms with Gasteiger partial charge in [-0.2, -0.15) is 5.26 Å². The van der Waals surface area contributed by atoms with Gasteiger partial charge in [0.2, 0.25) is 5.91 Å². The van der Waals surface area contributed by atoms with Crippen LogP contribution in [0.1, 0.15) is 31.2 Å². The Morgan fingerprint density at radius 2 is 2.00 bits per heavy atom. The lowest BCUT2D eigenvalue weighted by molar-refractivity contribution is -0.124. The van der Waals surface area contributed by atoms with Crippen LogP contribution in [0.4, 0.5) is 0 Å². The fraction of sp³-hybridized carbons (Fsp3) is 0.467. The van der Waals surface area contributed by atoms with Gasteiger partial charge in [-0.25, -0.2) is 0 Å². The SMILES string of the molecule is CC1(NC(=O)C(C#N)c2ccccc2)CCOCC1. The first-order valence-corrected chi connectivity index (χ1v) is 6.49. The van der Waals surface area contributed by atoms with Gasteiger partial charge in [0.15, 0.2) is 0 Å². The minimum Gasteiger partial charge on any atom is -0.381 e. The van der Waals surface area contributed by atoms with Gasteiger partial charge in [0.05, 0.1) is 6.07 Å². The van der Waals surface area contributed by atoms with Gasteiger partial charge < -0.3 is 10.1 Å². The standard InChI is InChI=1S/C15H18N2O2/c1-15(7-9-19-10-8-15)17-14(18)13(11-16)12-5-3-2-4-6-12/h2-6,13H,7-10H2,1H3,(H,17,18). The van der Waals surface area contributed by atoms with Gasteiger partial charge in [-0.1, -0.05) is 30.3 Å². The van der Waals surface area contributed by atoms with Crippen molar-refractivity contribution in [3.05, 3.63) is 35.9 Å². The smallest absolute Gasteiger partial charge is 0.242 e. The fourth-order valence-electron chi connectivity index (χ4n) is 2.25. The number of carbonyl (C=O) groups is 1. The van der Waals surface area contributed by atoms with Crippen LogP contribution in [-0.4, -0.2) is 24.7 Å². The van der Waals surface area contributed by atoms with Crippen molar-refractivity contribution < 1.29 is 9.53 Å². The lowest BCUT2D eigenvalue weighted by Gasteiger charge is -2.35. The Morgan fingerprint density at radius 3 is 2.58 bits per heavy atom. The summed E-state index contributed by atoms with van der Waals surface area (Å²) in [6.07, 6.45) is 1.57. The molecule has 1 aliphatic rings. The Morgan fingerprint density at radius 1 is 1.37 bits per heavy atom. The van der Waals surface area contributed by atoms with Gasteiger partial charge in [-0.3, -0.25) is 4.79 Å². The van der Waals surface area contributed by atoms with Crippen molar-refractivity contribution in [1.82, 2.24) is 5.32 Å². The Balaban J connectivity index is 2.08. The molecule has 1 heterocycles. The number of rotatable bonds is 3. The maximum atomic E-state index is 12.3. The number of nitriles is 1. The number of nitrogens with one attached hydrogen (secondary N) is 1. The van der Waals surface area contributed by atoms with Crippen LogP contribution in [0.2, 0.25) is 0 Å². The van der Waals surface area contributed by atoms with E-state index in [9.17, 15) is 10.1 Å². The summed E-state index contributed by atoms with van der Waals surface area (Å²) in [6, 6.07) is 11.2. The van der Waals surface area contributed by atoms with Crippen LogP contribution in [0.3, 0.4) is 0 Å². The maximum Gasteiger partial charge on any atom is 0.242 e. The summed E-state index contributed by atoms with van der Waals surface area (Å²) >= 11 is 0. The molecule has 0 spiro atoms. The average molecular weight is 258 g/mol. The molecule has 19 heavy (non-hydrogen) atoms. The molecule has 1 amide bonds. The Kier molecular flexibility index (Phi) is 4.18.